The van der Waals surface area contributed by atoms with Gasteiger partial charge in [0, 0.05) is 71.9 Å². The zero-order chi connectivity index (χ0) is 28.2. The first-order chi connectivity index (χ1) is 18.2. The lowest BCUT2D eigenvalue weighted by Gasteiger charge is -2.32. The SMILES string of the molecule is CCCNC(=O)CCCCCNC(=O)CN1CCN(CC(=O)O)CCN(CC=O)CCN(CC(=O)O)CC1. The molecule has 0 spiro atoms. The minimum atomic E-state index is -0.946. The molecule has 0 saturated carbocycles. The third kappa shape index (κ3) is 17.0. The van der Waals surface area contributed by atoms with Gasteiger partial charge in [-0.3, -0.25) is 38.8 Å². The van der Waals surface area contributed by atoms with Gasteiger partial charge in [0.15, 0.2) is 0 Å². The van der Waals surface area contributed by atoms with Crippen molar-refractivity contribution in [1.82, 2.24) is 30.2 Å². The molecule has 13 heteroatoms. The largest absolute Gasteiger partial charge is 0.480 e. The third-order valence-electron chi connectivity index (χ3n) is 6.32. The summed E-state index contributed by atoms with van der Waals surface area (Å²) in [5, 5.41) is 24.4. The van der Waals surface area contributed by atoms with Crippen molar-refractivity contribution < 1.29 is 34.2 Å². The van der Waals surface area contributed by atoms with Crippen molar-refractivity contribution in [2.45, 2.75) is 39.0 Å². The molecule has 38 heavy (non-hydrogen) atoms. The Kier molecular flexibility index (Phi) is 17.9. The number of hydrogen-bond acceptors (Lipinski definition) is 9. The highest BCUT2D eigenvalue weighted by Gasteiger charge is 2.20. The molecule has 0 aromatic heterocycles. The van der Waals surface area contributed by atoms with Gasteiger partial charge in [-0.25, -0.2) is 0 Å². The van der Waals surface area contributed by atoms with E-state index in [2.05, 4.69) is 10.6 Å². The van der Waals surface area contributed by atoms with Crippen LogP contribution in [0.5, 0.6) is 0 Å². The summed E-state index contributed by atoms with van der Waals surface area (Å²) in [6, 6.07) is 0. The van der Waals surface area contributed by atoms with E-state index in [-0.39, 0.29) is 38.0 Å². The minimum absolute atomic E-state index is 0.0523. The fourth-order valence-electron chi connectivity index (χ4n) is 4.15. The summed E-state index contributed by atoms with van der Waals surface area (Å²) < 4.78 is 0. The van der Waals surface area contributed by atoms with E-state index in [0.717, 1.165) is 32.0 Å². The quantitative estimate of drug-likeness (QED) is 0.137. The van der Waals surface area contributed by atoms with Crippen molar-refractivity contribution in [2.24, 2.45) is 0 Å². The Hall–Kier alpha value is -2.61. The second kappa shape index (κ2) is 20.4. The van der Waals surface area contributed by atoms with Gasteiger partial charge in [-0.05, 0) is 19.3 Å². The van der Waals surface area contributed by atoms with E-state index in [4.69, 9.17) is 0 Å². The van der Waals surface area contributed by atoms with Crippen molar-refractivity contribution in [3.8, 4) is 0 Å². The standard InChI is InChI=1S/C25H46N6O7/c1-2-7-26-22(33)6-4-3-5-8-27-23(34)19-29-13-15-30(20-24(35)36)11-9-28(17-18-32)10-12-31(16-14-29)21-25(37)38/h18H,2-17,19-21H2,1H3,(H,26,33)(H,27,34)(H,35,36)(H,37,38). The summed E-state index contributed by atoms with van der Waals surface area (Å²) in [6.07, 6.45) is 4.54. The number of nitrogens with zero attached hydrogens (tertiary/aromatic N) is 4. The molecule has 1 aliphatic rings. The van der Waals surface area contributed by atoms with Crippen LogP contribution in [0.15, 0.2) is 0 Å². The Bertz CT molecular complexity index is 707. The van der Waals surface area contributed by atoms with E-state index < -0.39 is 11.9 Å². The zero-order valence-electron chi connectivity index (χ0n) is 22.7. The predicted molar refractivity (Wildman–Crippen MR) is 142 cm³/mol. The average molecular weight is 543 g/mol. The summed E-state index contributed by atoms with van der Waals surface area (Å²) in [5.74, 6) is -1.99. The van der Waals surface area contributed by atoms with E-state index >= 15 is 0 Å². The lowest BCUT2D eigenvalue weighted by molar-refractivity contribution is -0.139. The fraction of sp³-hybridized carbons (Fsp3) is 0.800. The number of nitrogens with one attached hydrogen (secondary N) is 2. The van der Waals surface area contributed by atoms with Gasteiger partial charge in [0.2, 0.25) is 11.8 Å². The normalized spacial score (nSPS) is 17.2. The molecule has 0 aromatic carbocycles. The van der Waals surface area contributed by atoms with Crippen LogP contribution in [0.4, 0.5) is 0 Å². The van der Waals surface area contributed by atoms with Crippen LogP contribution in [0, 0.1) is 0 Å². The zero-order valence-corrected chi connectivity index (χ0v) is 22.7. The lowest BCUT2D eigenvalue weighted by Crippen LogP contribution is -2.49. The Morgan fingerprint density at radius 1 is 0.658 bits per heavy atom. The van der Waals surface area contributed by atoms with Crippen LogP contribution in [0.1, 0.15) is 39.0 Å². The van der Waals surface area contributed by atoms with Crippen LogP contribution >= 0.6 is 0 Å². The fourth-order valence-corrected chi connectivity index (χ4v) is 4.15. The molecular weight excluding hydrogens is 496 g/mol. The molecule has 1 fully saturated rings. The monoisotopic (exact) mass is 542 g/mol. The van der Waals surface area contributed by atoms with Crippen LogP contribution in [0.25, 0.3) is 0 Å². The summed E-state index contributed by atoms with van der Waals surface area (Å²) in [6.45, 7) is 6.81. The number of amides is 2. The molecule has 0 bridgehead atoms. The van der Waals surface area contributed by atoms with Crippen LogP contribution in [-0.4, -0.2) is 151 Å². The Labute approximate surface area is 225 Å². The van der Waals surface area contributed by atoms with Gasteiger partial charge < -0.3 is 25.6 Å². The first-order valence-electron chi connectivity index (χ1n) is 13.5. The molecule has 0 radical (unpaired) electrons. The summed E-state index contributed by atoms with van der Waals surface area (Å²) in [4.78, 5) is 65.4. The molecule has 4 N–H and O–H groups in total. The predicted octanol–water partition coefficient (Wildman–Crippen LogP) is -1.22. The number of carboxylic acids is 2. The minimum Gasteiger partial charge on any atom is -0.480 e. The maximum Gasteiger partial charge on any atom is 0.317 e. The van der Waals surface area contributed by atoms with Gasteiger partial charge >= 0.3 is 11.9 Å². The average Bonchev–Trinajstić information content (AvgIpc) is 2.85. The number of aliphatic carboxylic acids is 2. The van der Waals surface area contributed by atoms with Crippen LogP contribution < -0.4 is 10.6 Å². The van der Waals surface area contributed by atoms with Crippen LogP contribution in [0.3, 0.4) is 0 Å². The Morgan fingerprint density at radius 2 is 1.13 bits per heavy atom. The van der Waals surface area contributed by atoms with Gasteiger partial charge in [0.05, 0.1) is 26.2 Å². The summed E-state index contributed by atoms with van der Waals surface area (Å²) in [7, 11) is 0. The van der Waals surface area contributed by atoms with E-state index in [1.807, 2.05) is 16.7 Å². The van der Waals surface area contributed by atoms with Gasteiger partial charge in [-0.15, -0.1) is 0 Å². The van der Waals surface area contributed by atoms with Gasteiger partial charge in [0.1, 0.15) is 6.29 Å². The van der Waals surface area contributed by atoms with Crippen molar-refractivity contribution in [3.05, 3.63) is 0 Å². The molecule has 0 aliphatic carbocycles. The van der Waals surface area contributed by atoms with Crippen molar-refractivity contribution >= 4 is 30.0 Å². The maximum absolute atomic E-state index is 12.6. The molecule has 2 amide bonds. The molecule has 0 unspecified atom stereocenters. The molecular formula is C25H46N6O7. The second-order valence-corrected chi connectivity index (χ2v) is 9.59. The van der Waals surface area contributed by atoms with E-state index in [9.17, 15) is 34.2 Å². The van der Waals surface area contributed by atoms with Gasteiger partial charge in [-0.1, -0.05) is 13.3 Å². The molecule has 1 aliphatic heterocycles. The second-order valence-electron chi connectivity index (χ2n) is 9.59. The number of carbonyl (C=O) groups excluding carboxylic acids is 3. The van der Waals surface area contributed by atoms with Gasteiger partial charge in [-0.2, -0.15) is 0 Å². The molecule has 1 saturated heterocycles. The van der Waals surface area contributed by atoms with Gasteiger partial charge in [0.25, 0.3) is 0 Å². The Balaban J connectivity index is 2.63. The molecule has 13 nitrogen and oxygen atoms in total. The highest BCUT2D eigenvalue weighted by atomic mass is 16.4. The summed E-state index contributed by atoms with van der Waals surface area (Å²) in [5.41, 5.74) is 0. The number of carboxylic acid groups (broad SMARTS) is 2. The van der Waals surface area contributed by atoms with E-state index in [0.29, 0.717) is 71.9 Å². The highest BCUT2D eigenvalue weighted by molar-refractivity contribution is 5.78. The van der Waals surface area contributed by atoms with Crippen LogP contribution in [0.2, 0.25) is 0 Å². The smallest absolute Gasteiger partial charge is 0.317 e. The van der Waals surface area contributed by atoms with Crippen molar-refractivity contribution in [2.75, 3.05) is 91.6 Å². The third-order valence-corrected chi connectivity index (χ3v) is 6.32. The molecule has 1 heterocycles. The topological polar surface area (TPSA) is 163 Å². The van der Waals surface area contributed by atoms with E-state index in [1.54, 1.807) is 9.80 Å². The number of carbonyl (C=O) groups is 5. The van der Waals surface area contributed by atoms with Crippen LogP contribution in [-0.2, 0) is 24.0 Å². The molecule has 0 atom stereocenters. The first-order valence-corrected chi connectivity index (χ1v) is 13.5. The molecule has 0 aromatic rings. The number of unbranched alkanes of at least 4 members (excludes halogenated alkanes) is 2. The maximum atomic E-state index is 12.6. The van der Waals surface area contributed by atoms with E-state index in [1.165, 1.54) is 0 Å². The highest BCUT2D eigenvalue weighted by Crippen LogP contribution is 2.02. The number of aldehydes is 1. The van der Waals surface area contributed by atoms with Crippen molar-refractivity contribution in [3.63, 3.8) is 0 Å². The molecule has 218 valence electrons. The number of hydrogen-bond donors (Lipinski definition) is 4. The molecule has 1 rings (SSSR count). The summed E-state index contributed by atoms with van der Waals surface area (Å²) >= 11 is 0. The van der Waals surface area contributed by atoms with Crippen molar-refractivity contribution in [1.29, 1.82) is 0 Å². The number of rotatable bonds is 16. The first kappa shape index (κ1) is 33.4. The Morgan fingerprint density at radius 3 is 1.61 bits per heavy atom. The lowest BCUT2D eigenvalue weighted by atomic mass is 10.2.